The molecule has 2 aromatic carbocycles. The standard InChI is InChI=1S/C23H20BrCl2N3O4/c1-14(15-4-7-17(8-5-15)27-23(31)20-10-11-21(24)33-20)28-29-22(30)3-2-12-32-19-9-6-16(25)13-18(19)26/h4-11,13H,2-3,12H2,1H3,(H,27,31)(H,29,30)/b28-14+. The number of nitrogens with zero attached hydrogens (tertiary/aromatic N) is 1. The molecule has 0 aliphatic carbocycles. The quantitative estimate of drug-likeness (QED) is 0.185. The first-order chi connectivity index (χ1) is 15.8. The molecule has 33 heavy (non-hydrogen) atoms. The van der Waals surface area contributed by atoms with Gasteiger partial charge < -0.3 is 14.5 Å². The summed E-state index contributed by atoms with van der Waals surface area (Å²) in [6, 6.07) is 15.3. The van der Waals surface area contributed by atoms with Crippen molar-refractivity contribution in [3.8, 4) is 5.75 Å². The van der Waals surface area contributed by atoms with E-state index in [0.717, 1.165) is 5.56 Å². The van der Waals surface area contributed by atoms with Crippen molar-refractivity contribution in [1.29, 1.82) is 0 Å². The zero-order valence-electron chi connectivity index (χ0n) is 17.5. The molecule has 0 unspecified atom stereocenters. The summed E-state index contributed by atoms with van der Waals surface area (Å²) in [7, 11) is 0. The van der Waals surface area contributed by atoms with Crippen LogP contribution in [0.5, 0.6) is 5.75 Å². The smallest absolute Gasteiger partial charge is 0.291 e. The fourth-order valence-corrected chi connectivity index (χ4v) is 3.47. The average Bonchev–Trinajstić information content (AvgIpc) is 3.23. The van der Waals surface area contributed by atoms with Crippen molar-refractivity contribution in [2.75, 3.05) is 11.9 Å². The van der Waals surface area contributed by atoms with E-state index in [4.69, 9.17) is 32.4 Å². The fourth-order valence-electron chi connectivity index (χ4n) is 2.70. The second-order valence-electron chi connectivity index (χ2n) is 6.89. The Labute approximate surface area is 209 Å². The summed E-state index contributed by atoms with van der Waals surface area (Å²) in [6.45, 7) is 2.11. The van der Waals surface area contributed by atoms with Gasteiger partial charge in [0, 0.05) is 17.1 Å². The summed E-state index contributed by atoms with van der Waals surface area (Å²) in [4.78, 5) is 24.2. The van der Waals surface area contributed by atoms with Crippen LogP contribution in [0.25, 0.3) is 0 Å². The van der Waals surface area contributed by atoms with Crippen molar-refractivity contribution in [2.45, 2.75) is 19.8 Å². The first-order valence-electron chi connectivity index (χ1n) is 9.90. The fraction of sp³-hybridized carbons (Fsp3) is 0.174. The third kappa shape index (κ3) is 7.63. The number of furan rings is 1. The molecule has 3 aromatic rings. The van der Waals surface area contributed by atoms with Gasteiger partial charge in [-0.2, -0.15) is 5.10 Å². The van der Waals surface area contributed by atoms with E-state index >= 15 is 0 Å². The van der Waals surface area contributed by atoms with Crippen LogP contribution in [0.3, 0.4) is 0 Å². The number of rotatable bonds is 9. The highest BCUT2D eigenvalue weighted by Gasteiger charge is 2.11. The molecule has 0 fully saturated rings. The number of hydrogen-bond acceptors (Lipinski definition) is 5. The molecule has 1 aromatic heterocycles. The lowest BCUT2D eigenvalue weighted by molar-refractivity contribution is -0.121. The predicted molar refractivity (Wildman–Crippen MR) is 132 cm³/mol. The van der Waals surface area contributed by atoms with Gasteiger partial charge in [-0.3, -0.25) is 9.59 Å². The topological polar surface area (TPSA) is 92.9 Å². The number of amides is 2. The van der Waals surface area contributed by atoms with Crippen molar-refractivity contribution >= 4 is 62.3 Å². The first kappa shape index (κ1) is 24.8. The molecule has 0 spiro atoms. The van der Waals surface area contributed by atoms with E-state index in [2.05, 4.69) is 31.8 Å². The molecule has 1 heterocycles. The summed E-state index contributed by atoms with van der Waals surface area (Å²) in [5, 5.41) is 7.83. The minimum absolute atomic E-state index is 0.202. The van der Waals surface area contributed by atoms with Crippen LogP contribution in [-0.2, 0) is 4.79 Å². The molecule has 172 valence electrons. The molecule has 0 aliphatic heterocycles. The van der Waals surface area contributed by atoms with Crippen molar-refractivity contribution in [1.82, 2.24) is 5.43 Å². The Hall–Kier alpha value is -2.81. The van der Waals surface area contributed by atoms with Gasteiger partial charge in [0.2, 0.25) is 5.91 Å². The predicted octanol–water partition coefficient (Wildman–Crippen LogP) is 6.30. The number of nitrogens with one attached hydrogen (secondary N) is 2. The number of anilines is 1. The maximum atomic E-state index is 12.1. The summed E-state index contributed by atoms with van der Waals surface area (Å²) in [5.74, 6) is 0.141. The van der Waals surface area contributed by atoms with Crippen molar-refractivity contribution in [3.63, 3.8) is 0 Å². The Bertz CT molecular complexity index is 1160. The molecule has 10 heteroatoms. The van der Waals surface area contributed by atoms with Crippen LogP contribution in [-0.4, -0.2) is 24.1 Å². The molecule has 0 bridgehead atoms. The lowest BCUT2D eigenvalue weighted by Gasteiger charge is -2.08. The molecule has 0 aliphatic rings. The number of hydrazone groups is 1. The molecule has 3 rings (SSSR count). The zero-order valence-corrected chi connectivity index (χ0v) is 20.6. The van der Waals surface area contributed by atoms with E-state index < -0.39 is 0 Å². The average molecular weight is 553 g/mol. The third-order valence-corrected chi connectivity index (χ3v) is 5.36. The SMILES string of the molecule is C/C(=N\NC(=O)CCCOc1ccc(Cl)cc1Cl)c1ccc(NC(=O)c2ccc(Br)o2)cc1. The number of halogens is 3. The second kappa shape index (κ2) is 11.9. The van der Waals surface area contributed by atoms with Crippen LogP contribution < -0.4 is 15.5 Å². The normalized spacial score (nSPS) is 11.2. The lowest BCUT2D eigenvalue weighted by Crippen LogP contribution is -2.19. The van der Waals surface area contributed by atoms with E-state index in [1.807, 2.05) is 0 Å². The van der Waals surface area contributed by atoms with Crippen molar-refractivity contribution < 1.29 is 18.7 Å². The molecule has 2 amide bonds. The maximum absolute atomic E-state index is 12.1. The van der Waals surface area contributed by atoms with Crippen LogP contribution in [0.15, 0.2) is 68.8 Å². The summed E-state index contributed by atoms with van der Waals surface area (Å²) in [6.07, 6.45) is 0.746. The van der Waals surface area contributed by atoms with Crippen LogP contribution in [0.4, 0.5) is 5.69 Å². The molecule has 0 saturated carbocycles. The van der Waals surface area contributed by atoms with Gasteiger partial charge in [-0.05, 0) is 77.3 Å². The third-order valence-electron chi connectivity index (χ3n) is 4.41. The first-order valence-corrected chi connectivity index (χ1v) is 11.4. The Morgan fingerprint density at radius 1 is 1.09 bits per heavy atom. The minimum atomic E-state index is -0.353. The molecule has 2 N–H and O–H groups in total. The number of carbonyl (C=O) groups excluding carboxylic acids is 2. The lowest BCUT2D eigenvalue weighted by atomic mass is 10.1. The highest BCUT2D eigenvalue weighted by Crippen LogP contribution is 2.27. The minimum Gasteiger partial charge on any atom is -0.492 e. The largest absolute Gasteiger partial charge is 0.492 e. The van der Waals surface area contributed by atoms with Gasteiger partial charge >= 0.3 is 0 Å². The molecule has 0 saturated heterocycles. The Morgan fingerprint density at radius 2 is 1.85 bits per heavy atom. The molecular formula is C23H20BrCl2N3O4. The molecular weight excluding hydrogens is 533 g/mol. The van der Waals surface area contributed by atoms with E-state index in [9.17, 15) is 9.59 Å². The monoisotopic (exact) mass is 551 g/mol. The van der Waals surface area contributed by atoms with E-state index in [-0.39, 0.29) is 24.0 Å². The van der Waals surface area contributed by atoms with Gasteiger partial charge in [0.15, 0.2) is 10.4 Å². The highest BCUT2D eigenvalue weighted by atomic mass is 79.9. The Balaban J connectivity index is 1.43. The number of carbonyl (C=O) groups is 2. The van der Waals surface area contributed by atoms with Crippen molar-refractivity contribution in [2.24, 2.45) is 5.10 Å². The van der Waals surface area contributed by atoms with E-state index in [1.165, 1.54) is 0 Å². The van der Waals surface area contributed by atoms with Crippen LogP contribution in [0, 0.1) is 0 Å². The Kier molecular flexibility index (Phi) is 8.94. The highest BCUT2D eigenvalue weighted by molar-refractivity contribution is 9.10. The van der Waals surface area contributed by atoms with Crippen LogP contribution >= 0.6 is 39.1 Å². The summed E-state index contributed by atoms with van der Waals surface area (Å²) in [5.41, 5.74) is 4.56. The van der Waals surface area contributed by atoms with Gasteiger partial charge in [0.05, 0.1) is 17.3 Å². The number of ether oxygens (including phenoxy) is 1. The van der Waals surface area contributed by atoms with Crippen LogP contribution in [0.1, 0.15) is 35.9 Å². The molecule has 0 radical (unpaired) electrons. The summed E-state index contributed by atoms with van der Waals surface area (Å²) < 4.78 is 11.3. The zero-order chi connectivity index (χ0) is 23.8. The molecule has 7 nitrogen and oxygen atoms in total. The number of benzene rings is 2. The maximum Gasteiger partial charge on any atom is 0.291 e. The van der Waals surface area contributed by atoms with E-state index in [0.29, 0.717) is 44.9 Å². The van der Waals surface area contributed by atoms with Gasteiger partial charge in [-0.15, -0.1) is 0 Å². The second-order valence-corrected chi connectivity index (χ2v) is 8.52. The van der Waals surface area contributed by atoms with Crippen LogP contribution in [0.2, 0.25) is 10.0 Å². The van der Waals surface area contributed by atoms with Gasteiger partial charge in [-0.1, -0.05) is 35.3 Å². The van der Waals surface area contributed by atoms with Gasteiger partial charge in [-0.25, -0.2) is 5.43 Å². The van der Waals surface area contributed by atoms with Gasteiger partial charge in [0.25, 0.3) is 5.91 Å². The van der Waals surface area contributed by atoms with Gasteiger partial charge in [0.1, 0.15) is 5.75 Å². The van der Waals surface area contributed by atoms with E-state index in [1.54, 1.807) is 61.5 Å². The Morgan fingerprint density at radius 3 is 2.52 bits per heavy atom. The summed E-state index contributed by atoms with van der Waals surface area (Å²) >= 11 is 15.1. The number of hydrogen-bond donors (Lipinski definition) is 2. The molecule has 0 atom stereocenters. The van der Waals surface area contributed by atoms with Crippen molar-refractivity contribution in [3.05, 3.63) is 80.6 Å².